The first-order valence-corrected chi connectivity index (χ1v) is 6.38. The van der Waals surface area contributed by atoms with Crippen LogP contribution in [0.4, 0.5) is 0 Å². The van der Waals surface area contributed by atoms with Gasteiger partial charge in [-0.05, 0) is 32.7 Å². The molecule has 0 aliphatic carbocycles. The minimum atomic E-state index is -0.0574. The maximum atomic E-state index is 12.1. The molecule has 1 unspecified atom stereocenters. The van der Waals surface area contributed by atoms with E-state index < -0.39 is 0 Å². The molecule has 0 bridgehead atoms. The van der Waals surface area contributed by atoms with Crippen molar-refractivity contribution in [2.24, 2.45) is 0 Å². The highest BCUT2D eigenvalue weighted by atomic mass is 16.2. The van der Waals surface area contributed by atoms with Crippen molar-refractivity contribution in [3.05, 3.63) is 12.7 Å². The van der Waals surface area contributed by atoms with E-state index in [0.29, 0.717) is 0 Å². The van der Waals surface area contributed by atoms with Gasteiger partial charge in [-0.3, -0.25) is 4.79 Å². The maximum Gasteiger partial charge on any atom is 0.239 e. The highest BCUT2D eigenvalue weighted by molar-refractivity contribution is 5.81. The molecular formula is C13H24N2O. The molecule has 1 amide bonds. The summed E-state index contributed by atoms with van der Waals surface area (Å²) in [6.45, 7) is 8.34. The van der Waals surface area contributed by atoms with Crippen molar-refractivity contribution >= 4 is 5.91 Å². The normalized spacial score (nSPS) is 18.9. The van der Waals surface area contributed by atoms with Crippen LogP contribution in [-0.4, -0.2) is 36.5 Å². The molecule has 1 rings (SSSR count). The Balaban J connectivity index is 2.32. The molecule has 0 radical (unpaired) electrons. The molecule has 92 valence electrons. The molecule has 1 heterocycles. The van der Waals surface area contributed by atoms with Crippen LogP contribution < -0.4 is 5.32 Å². The maximum absolute atomic E-state index is 12.1. The van der Waals surface area contributed by atoms with E-state index in [4.69, 9.17) is 0 Å². The lowest BCUT2D eigenvalue weighted by Crippen LogP contribution is -2.45. The molecule has 0 aromatic heterocycles. The fraction of sp³-hybridized carbons (Fsp3) is 0.769. The van der Waals surface area contributed by atoms with Crippen LogP contribution in [0.1, 0.15) is 39.0 Å². The zero-order chi connectivity index (χ0) is 11.8. The van der Waals surface area contributed by atoms with E-state index in [1.54, 1.807) is 0 Å². The van der Waals surface area contributed by atoms with Crippen LogP contribution in [0.5, 0.6) is 0 Å². The quantitative estimate of drug-likeness (QED) is 0.572. The van der Waals surface area contributed by atoms with E-state index in [9.17, 15) is 4.79 Å². The zero-order valence-electron chi connectivity index (χ0n) is 10.4. The van der Waals surface area contributed by atoms with Crippen molar-refractivity contribution in [1.29, 1.82) is 0 Å². The van der Waals surface area contributed by atoms with Crippen LogP contribution in [0.2, 0.25) is 0 Å². The topological polar surface area (TPSA) is 32.3 Å². The van der Waals surface area contributed by atoms with Crippen molar-refractivity contribution in [3.8, 4) is 0 Å². The van der Waals surface area contributed by atoms with Gasteiger partial charge < -0.3 is 10.2 Å². The molecule has 1 atom stereocenters. The van der Waals surface area contributed by atoms with Crippen molar-refractivity contribution in [2.45, 2.75) is 45.1 Å². The largest absolute Gasteiger partial charge is 0.341 e. The zero-order valence-corrected chi connectivity index (χ0v) is 10.4. The molecule has 3 nitrogen and oxygen atoms in total. The third kappa shape index (κ3) is 4.35. The number of likely N-dealkylation sites (tertiary alicyclic amines) is 1. The minimum Gasteiger partial charge on any atom is -0.341 e. The lowest BCUT2D eigenvalue weighted by molar-refractivity contribution is -0.132. The third-order valence-corrected chi connectivity index (χ3v) is 3.09. The molecule has 1 saturated heterocycles. The Morgan fingerprint density at radius 2 is 2.00 bits per heavy atom. The second kappa shape index (κ2) is 7.44. The van der Waals surface area contributed by atoms with Crippen LogP contribution in [0.25, 0.3) is 0 Å². The van der Waals surface area contributed by atoms with Crippen LogP contribution >= 0.6 is 0 Å². The van der Waals surface area contributed by atoms with Gasteiger partial charge in [0.15, 0.2) is 0 Å². The Hall–Kier alpha value is -0.830. The fourth-order valence-electron chi connectivity index (χ4n) is 2.05. The molecule has 0 saturated carbocycles. The van der Waals surface area contributed by atoms with Gasteiger partial charge in [0.05, 0.1) is 6.04 Å². The first kappa shape index (κ1) is 13.2. The number of hydrogen-bond acceptors (Lipinski definition) is 2. The minimum absolute atomic E-state index is 0.0574. The number of carbonyl (C=O) groups is 1. The van der Waals surface area contributed by atoms with Gasteiger partial charge in [-0.1, -0.05) is 18.9 Å². The van der Waals surface area contributed by atoms with Crippen LogP contribution in [0.15, 0.2) is 12.7 Å². The molecule has 3 heteroatoms. The third-order valence-electron chi connectivity index (χ3n) is 3.09. The van der Waals surface area contributed by atoms with E-state index >= 15 is 0 Å². The second-order valence-electron chi connectivity index (χ2n) is 4.49. The monoisotopic (exact) mass is 224 g/mol. The van der Waals surface area contributed by atoms with Gasteiger partial charge >= 0.3 is 0 Å². The molecule has 1 aliphatic rings. The van der Waals surface area contributed by atoms with Crippen LogP contribution in [-0.2, 0) is 4.79 Å². The molecular weight excluding hydrogens is 200 g/mol. The number of amides is 1. The van der Waals surface area contributed by atoms with Gasteiger partial charge in [-0.2, -0.15) is 0 Å². The van der Waals surface area contributed by atoms with Crippen LogP contribution in [0, 0.1) is 0 Å². The molecule has 1 N–H and O–H groups in total. The van der Waals surface area contributed by atoms with E-state index in [1.165, 1.54) is 12.8 Å². The summed E-state index contributed by atoms with van der Waals surface area (Å²) in [7, 11) is 0. The van der Waals surface area contributed by atoms with Crippen LogP contribution in [0.3, 0.4) is 0 Å². The first-order chi connectivity index (χ1) is 7.75. The van der Waals surface area contributed by atoms with Gasteiger partial charge in [0.2, 0.25) is 5.91 Å². The summed E-state index contributed by atoms with van der Waals surface area (Å²) < 4.78 is 0. The van der Waals surface area contributed by atoms with Crippen molar-refractivity contribution in [2.75, 3.05) is 19.6 Å². The molecule has 0 aromatic carbocycles. The van der Waals surface area contributed by atoms with Gasteiger partial charge in [0.1, 0.15) is 0 Å². The predicted octanol–water partition coefficient (Wildman–Crippen LogP) is 1.94. The number of rotatable bonds is 5. The molecule has 1 aliphatic heterocycles. The molecule has 16 heavy (non-hydrogen) atoms. The smallest absolute Gasteiger partial charge is 0.239 e. The predicted molar refractivity (Wildman–Crippen MR) is 67.3 cm³/mol. The van der Waals surface area contributed by atoms with E-state index in [1.807, 2.05) is 17.9 Å². The Morgan fingerprint density at radius 1 is 1.38 bits per heavy atom. The summed E-state index contributed by atoms with van der Waals surface area (Å²) in [5.41, 5.74) is 0. The summed E-state index contributed by atoms with van der Waals surface area (Å²) in [5, 5.41) is 3.24. The second-order valence-corrected chi connectivity index (χ2v) is 4.49. The SMILES string of the molecule is C=CCCNC(C)C(=O)N1CCCCCC1. The number of nitrogens with one attached hydrogen (secondary N) is 1. The summed E-state index contributed by atoms with van der Waals surface area (Å²) in [6.07, 6.45) is 7.63. The van der Waals surface area contributed by atoms with E-state index in [2.05, 4.69) is 11.9 Å². The first-order valence-electron chi connectivity index (χ1n) is 6.38. The highest BCUT2D eigenvalue weighted by Gasteiger charge is 2.20. The van der Waals surface area contributed by atoms with E-state index in [-0.39, 0.29) is 11.9 Å². The highest BCUT2D eigenvalue weighted by Crippen LogP contribution is 2.10. The van der Waals surface area contributed by atoms with E-state index in [0.717, 1.165) is 38.9 Å². The summed E-state index contributed by atoms with van der Waals surface area (Å²) in [4.78, 5) is 14.1. The lowest BCUT2D eigenvalue weighted by atomic mass is 10.2. The Bertz CT molecular complexity index is 220. The average Bonchev–Trinajstić information content (AvgIpc) is 2.56. The molecule has 0 spiro atoms. The number of carbonyl (C=O) groups excluding carboxylic acids is 1. The number of hydrogen-bond donors (Lipinski definition) is 1. The lowest BCUT2D eigenvalue weighted by Gasteiger charge is -2.24. The van der Waals surface area contributed by atoms with Gasteiger partial charge in [0.25, 0.3) is 0 Å². The molecule has 0 aromatic rings. The van der Waals surface area contributed by atoms with Crippen molar-refractivity contribution < 1.29 is 4.79 Å². The Morgan fingerprint density at radius 3 is 2.56 bits per heavy atom. The Kier molecular flexibility index (Phi) is 6.16. The standard InChI is InChI=1S/C13H24N2O/c1-3-4-9-14-12(2)13(16)15-10-7-5-6-8-11-15/h3,12,14H,1,4-11H2,2H3. The van der Waals surface area contributed by atoms with Crippen molar-refractivity contribution in [3.63, 3.8) is 0 Å². The Labute approximate surface area is 98.9 Å². The molecule has 1 fully saturated rings. The fourth-order valence-corrected chi connectivity index (χ4v) is 2.05. The van der Waals surface area contributed by atoms with Gasteiger partial charge in [0, 0.05) is 13.1 Å². The summed E-state index contributed by atoms with van der Waals surface area (Å²) >= 11 is 0. The summed E-state index contributed by atoms with van der Waals surface area (Å²) in [6, 6.07) is -0.0574. The van der Waals surface area contributed by atoms with Gasteiger partial charge in [-0.25, -0.2) is 0 Å². The summed E-state index contributed by atoms with van der Waals surface area (Å²) in [5.74, 6) is 0.256. The van der Waals surface area contributed by atoms with Gasteiger partial charge in [-0.15, -0.1) is 6.58 Å². The average molecular weight is 224 g/mol. The number of nitrogens with zero attached hydrogens (tertiary/aromatic N) is 1. The van der Waals surface area contributed by atoms with Crippen molar-refractivity contribution in [1.82, 2.24) is 10.2 Å².